The molecule has 0 radical (unpaired) electrons. The van der Waals surface area contributed by atoms with Crippen LogP contribution in [-0.2, 0) is 17.8 Å². The summed E-state index contributed by atoms with van der Waals surface area (Å²) in [5.41, 5.74) is 7.63. The quantitative estimate of drug-likeness (QED) is 0.699. The average molecular weight is 239 g/mol. The Labute approximate surface area is 102 Å². The molecule has 0 aromatic carbocycles. The fourth-order valence-electron chi connectivity index (χ4n) is 1.76. The van der Waals surface area contributed by atoms with Gasteiger partial charge in [0.15, 0.2) is 0 Å². The summed E-state index contributed by atoms with van der Waals surface area (Å²) in [6, 6.07) is 3.91. The van der Waals surface area contributed by atoms with Gasteiger partial charge >= 0.3 is 0 Å². The largest absolute Gasteiger partial charge is 0.389 e. The fourth-order valence-corrected chi connectivity index (χ4v) is 1.76. The lowest BCUT2D eigenvalue weighted by Gasteiger charge is -2.21. The van der Waals surface area contributed by atoms with E-state index in [1.54, 1.807) is 13.3 Å². The van der Waals surface area contributed by atoms with Crippen molar-refractivity contribution in [1.82, 2.24) is 9.88 Å². The van der Waals surface area contributed by atoms with E-state index in [0.29, 0.717) is 19.7 Å². The molecule has 1 unspecified atom stereocenters. The van der Waals surface area contributed by atoms with Crippen LogP contribution in [0.1, 0.15) is 11.3 Å². The molecule has 0 spiro atoms. The molecular formula is C12H21N3O2. The van der Waals surface area contributed by atoms with Crippen LogP contribution in [0.3, 0.4) is 0 Å². The Balaban J connectivity index is 2.52. The van der Waals surface area contributed by atoms with Gasteiger partial charge in [0.25, 0.3) is 0 Å². The third-order valence-electron chi connectivity index (χ3n) is 2.50. The summed E-state index contributed by atoms with van der Waals surface area (Å²) in [5, 5.41) is 9.62. The highest BCUT2D eigenvalue weighted by Crippen LogP contribution is 2.07. The van der Waals surface area contributed by atoms with Crippen LogP contribution in [0.4, 0.5) is 0 Å². The Morgan fingerprint density at radius 1 is 1.59 bits per heavy atom. The molecule has 0 amide bonds. The fraction of sp³-hybridized carbons (Fsp3) is 0.583. The molecule has 0 aliphatic heterocycles. The van der Waals surface area contributed by atoms with E-state index in [2.05, 4.69) is 4.98 Å². The molecule has 0 saturated heterocycles. The number of hydrogen-bond acceptors (Lipinski definition) is 5. The van der Waals surface area contributed by atoms with Gasteiger partial charge in [0.2, 0.25) is 0 Å². The number of aliphatic hydroxyl groups is 1. The van der Waals surface area contributed by atoms with Gasteiger partial charge in [-0.15, -0.1) is 0 Å². The Morgan fingerprint density at radius 3 is 3.00 bits per heavy atom. The van der Waals surface area contributed by atoms with Crippen molar-refractivity contribution in [3.05, 3.63) is 29.6 Å². The second-order valence-corrected chi connectivity index (χ2v) is 4.12. The minimum Gasteiger partial charge on any atom is -0.389 e. The zero-order valence-corrected chi connectivity index (χ0v) is 10.5. The molecule has 0 aliphatic rings. The van der Waals surface area contributed by atoms with Gasteiger partial charge in [0, 0.05) is 32.9 Å². The number of rotatable bonds is 7. The first kappa shape index (κ1) is 14.1. The van der Waals surface area contributed by atoms with Crippen molar-refractivity contribution in [3.63, 3.8) is 0 Å². The summed E-state index contributed by atoms with van der Waals surface area (Å²) in [7, 11) is 3.53. The van der Waals surface area contributed by atoms with Gasteiger partial charge in [0.1, 0.15) is 0 Å². The SMILES string of the molecule is COCC(O)CN(C)Cc1cccnc1CN. The number of pyridine rings is 1. The van der Waals surface area contributed by atoms with Gasteiger partial charge in [-0.2, -0.15) is 0 Å². The van der Waals surface area contributed by atoms with E-state index in [9.17, 15) is 5.11 Å². The van der Waals surface area contributed by atoms with E-state index in [4.69, 9.17) is 10.5 Å². The highest BCUT2D eigenvalue weighted by molar-refractivity contribution is 5.19. The van der Waals surface area contributed by atoms with E-state index in [-0.39, 0.29) is 0 Å². The average Bonchev–Trinajstić information content (AvgIpc) is 2.29. The lowest BCUT2D eigenvalue weighted by atomic mass is 10.2. The minimum absolute atomic E-state index is 0.348. The van der Waals surface area contributed by atoms with Crippen molar-refractivity contribution in [2.45, 2.75) is 19.2 Å². The van der Waals surface area contributed by atoms with Gasteiger partial charge in [-0.3, -0.25) is 9.88 Å². The van der Waals surface area contributed by atoms with Gasteiger partial charge in [0.05, 0.1) is 18.4 Å². The third kappa shape index (κ3) is 4.79. The normalized spacial score (nSPS) is 13.0. The van der Waals surface area contributed by atoms with Crippen molar-refractivity contribution in [1.29, 1.82) is 0 Å². The standard InChI is InChI=1S/C12H21N3O2/c1-15(8-11(16)9-17-2)7-10-4-3-5-14-12(10)6-13/h3-5,11,16H,6-9,13H2,1-2H3. The first-order valence-corrected chi connectivity index (χ1v) is 5.65. The molecule has 96 valence electrons. The topological polar surface area (TPSA) is 71.6 Å². The number of ether oxygens (including phenoxy) is 1. The molecule has 17 heavy (non-hydrogen) atoms. The van der Waals surface area contributed by atoms with Crippen LogP contribution in [0.5, 0.6) is 0 Å². The summed E-state index contributed by atoms with van der Waals surface area (Å²) in [5.74, 6) is 0. The molecule has 1 aromatic rings. The maximum atomic E-state index is 9.62. The number of nitrogens with two attached hydrogens (primary N) is 1. The second-order valence-electron chi connectivity index (χ2n) is 4.12. The molecule has 0 bridgehead atoms. The van der Waals surface area contributed by atoms with Gasteiger partial charge in [-0.25, -0.2) is 0 Å². The molecule has 0 aliphatic carbocycles. The first-order chi connectivity index (χ1) is 8.17. The number of likely N-dealkylation sites (N-methyl/N-ethyl adjacent to an activating group) is 1. The van der Waals surface area contributed by atoms with Crippen LogP contribution in [0.2, 0.25) is 0 Å². The molecule has 1 rings (SSSR count). The molecule has 1 atom stereocenters. The lowest BCUT2D eigenvalue weighted by molar-refractivity contribution is 0.0418. The van der Waals surface area contributed by atoms with Crippen LogP contribution >= 0.6 is 0 Å². The van der Waals surface area contributed by atoms with Crippen LogP contribution in [0.15, 0.2) is 18.3 Å². The number of aliphatic hydroxyl groups excluding tert-OH is 1. The molecule has 1 aromatic heterocycles. The van der Waals surface area contributed by atoms with Crippen LogP contribution in [0, 0.1) is 0 Å². The molecule has 3 N–H and O–H groups in total. The smallest absolute Gasteiger partial charge is 0.0900 e. The van der Waals surface area contributed by atoms with Gasteiger partial charge < -0.3 is 15.6 Å². The Morgan fingerprint density at radius 2 is 2.35 bits per heavy atom. The monoisotopic (exact) mass is 239 g/mol. The van der Waals surface area contributed by atoms with Crippen molar-refractivity contribution in [2.75, 3.05) is 27.3 Å². The number of aromatic nitrogens is 1. The maximum absolute atomic E-state index is 9.62. The zero-order valence-electron chi connectivity index (χ0n) is 10.5. The molecule has 5 heteroatoms. The highest BCUT2D eigenvalue weighted by atomic mass is 16.5. The zero-order chi connectivity index (χ0) is 12.7. The van der Waals surface area contributed by atoms with E-state index < -0.39 is 6.10 Å². The predicted octanol–water partition coefficient (Wildman–Crippen LogP) is -0.0206. The number of nitrogens with zero attached hydrogens (tertiary/aromatic N) is 2. The Bertz CT molecular complexity index is 333. The maximum Gasteiger partial charge on any atom is 0.0900 e. The van der Waals surface area contributed by atoms with Crippen LogP contribution in [0.25, 0.3) is 0 Å². The van der Waals surface area contributed by atoms with E-state index in [1.807, 2.05) is 24.1 Å². The summed E-state index contributed by atoms with van der Waals surface area (Å²) < 4.78 is 4.89. The van der Waals surface area contributed by atoms with E-state index in [0.717, 1.165) is 17.8 Å². The van der Waals surface area contributed by atoms with E-state index in [1.165, 1.54) is 0 Å². The summed E-state index contributed by atoms with van der Waals surface area (Å²) in [6.07, 6.45) is 1.27. The van der Waals surface area contributed by atoms with Crippen molar-refractivity contribution in [2.24, 2.45) is 5.73 Å². The predicted molar refractivity (Wildman–Crippen MR) is 66.3 cm³/mol. The van der Waals surface area contributed by atoms with Crippen LogP contribution < -0.4 is 5.73 Å². The van der Waals surface area contributed by atoms with Crippen molar-refractivity contribution < 1.29 is 9.84 Å². The highest BCUT2D eigenvalue weighted by Gasteiger charge is 2.10. The molecule has 0 fully saturated rings. The number of hydrogen-bond donors (Lipinski definition) is 2. The summed E-state index contributed by atoms with van der Waals surface area (Å²) in [4.78, 5) is 6.25. The van der Waals surface area contributed by atoms with Gasteiger partial charge in [-0.05, 0) is 18.7 Å². The first-order valence-electron chi connectivity index (χ1n) is 5.65. The molecule has 5 nitrogen and oxygen atoms in total. The van der Waals surface area contributed by atoms with Crippen molar-refractivity contribution >= 4 is 0 Å². The molecule has 0 saturated carbocycles. The number of methoxy groups -OCH3 is 1. The summed E-state index contributed by atoms with van der Waals surface area (Å²) in [6.45, 7) is 2.07. The molecule has 1 heterocycles. The van der Waals surface area contributed by atoms with Crippen molar-refractivity contribution in [3.8, 4) is 0 Å². The lowest BCUT2D eigenvalue weighted by Crippen LogP contribution is -2.32. The summed E-state index contributed by atoms with van der Waals surface area (Å²) >= 11 is 0. The van der Waals surface area contributed by atoms with E-state index >= 15 is 0 Å². The second kappa shape index (κ2) is 7.34. The Hall–Kier alpha value is -1.01. The molecular weight excluding hydrogens is 218 g/mol. The van der Waals surface area contributed by atoms with Gasteiger partial charge in [-0.1, -0.05) is 6.07 Å². The minimum atomic E-state index is -0.469. The third-order valence-corrected chi connectivity index (χ3v) is 2.50. The Kier molecular flexibility index (Phi) is 6.07. The van der Waals surface area contributed by atoms with Crippen LogP contribution in [-0.4, -0.2) is 48.4 Å².